The van der Waals surface area contributed by atoms with Gasteiger partial charge in [-0.15, -0.1) is 0 Å². The Morgan fingerprint density at radius 2 is 1.43 bits per heavy atom. The molecule has 0 aromatic heterocycles. The Morgan fingerprint density at radius 3 is 1.74 bits per heavy atom. The van der Waals surface area contributed by atoms with Crippen molar-refractivity contribution in [3.05, 3.63) is 27.3 Å². The Hall–Kier alpha value is -2.84. The van der Waals surface area contributed by atoms with E-state index in [2.05, 4.69) is 9.47 Å². The fourth-order valence-corrected chi connectivity index (χ4v) is 2.00. The average Bonchev–Trinajstić information content (AvgIpc) is 2.52. The Labute approximate surface area is 131 Å². The van der Waals surface area contributed by atoms with Gasteiger partial charge in [0.25, 0.3) is 0 Å². The third kappa shape index (κ3) is 4.56. The number of aryl methyl sites for hydroxylation is 2. The van der Waals surface area contributed by atoms with Crippen LogP contribution in [0.15, 0.2) is 6.07 Å². The smallest absolute Gasteiger partial charge is 0.352 e. The van der Waals surface area contributed by atoms with Gasteiger partial charge in [-0.3, -0.25) is 19.7 Å². The number of nitro groups is 1. The number of benzene rings is 1. The molecule has 23 heavy (non-hydrogen) atoms. The first-order valence-corrected chi connectivity index (χ1v) is 6.66. The maximum atomic E-state index is 11.2. The highest BCUT2D eigenvalue weighted by atomic mass is 16.6. The zero-order chi connectivity index (χ0) is 17.6. The molecule has 1 aromatic carbocycles. The first-order chi connectivity index (χ1) is 10.8. The van der Waals surface area contributed by atoms with Gasteiger partial charge in [0.1, 0.15) is 0 Å². The molecule has 0 aliphatic heterocycles. The van der Waals surface area contributed by atoms with Crippen molar-refractivity contribution in [1.29, 1.82) is 0 Å². The third-order valence-electron chi connectivity index (χ3n) is 3.24. The second-order valence-corrected chi connectivity index (χ2v) is 4.65. The number of nitro benzene ring substituents is 1. The molecular formula is C14H17NO8. The van der Waals surface area contributed by atoms with Crippen LogP contribution in [0.2, 0.25) is 0 Å². The van der Waals surface area contributed by atoms with Crippen LogP contribution >= 0.6 is 0 Å². The van der Waals surface area contributed by atoms with Crippen molar-refractivity contribution in [3.8, 4) is 11.5 Å². The summed E-state index contributed by atoms with van der Waals surface area (Å²) in [4.78, 5) is 32.5. The largest absolute Gasteiger partial charge is 0.502 e. The van der Waals surface area contributed by atoms with Gasteiger partial charge in [-0.2, -0.15) is 0 Å². The van der Waals surface area contributed by atoms with Gasteiger partial charge in [0.15, 0.2) is 0 Å². The number of aromatic hydroxyl groups is 2. The summed E-state index contributed by atoms with van der Waals surface area (Å²) in [5.74, 6) is -2.51. The number of hydrogen-bond donors (Lipinski definition) is 2. The minimum atomic E-state index is -0.923. The van der Waals surface area contributed by atoms with Crippen molar-refractivity contribution in [3.63, 3.8) is 0 Å². The van der Waals surface area contributed by atoms with E-state index in [1.807, 2.05) is 0 Å². The average molecular weight is 327 g/mol. The molecule has 0 atom stereocenters. The van der Waals surface area contributed by atoms with Gasteiger partial charge in [-0.1, -0.05) is 0 Å². The molecule has 0 bridgehead atoms. The summed E-state index contributed by atoms with van der Waals surface area (Å²) < 4.78 is 8.94. The van der Waals surface area contributed by atoms with Crippen LogP contribution in [0.4, 0.5) is 5.69 Å². The molecule has 0 amide bonds. The lowest BCUT2D eigenvalue weighted by molar-refractivity contribution is -0.387. The topological polar surface area (TPSA) is 136 Å². The number of esters is 2. The molecule has 1 rings (SSSR count). The standard InChI is InChI=1S/C14H17NO8/c1-22-10(16)5-3-8-7-9(4-6-11(17)23-2)14(19)12(13(8)18)15(20)21/h7,18-19H,3-6H2,1-2H3. The summed E-state index contributed by atoms with van der Waals surface area (Å²) in [7, 11) is 2.40. The molecule has 2 N–H and O–H groups in total. The lowest BCUT2D eigenvalue weighted by Crippen LogP contribution is -2.05. The van der Waals surface area contributed by atoms with E-state index in [0.717, 1.165) is 0 Å². The second-order valence-electron chi connectivity index (χ2n) is 4.65. The number of methoxy groups -OCH3 is 2. The fraction of sp³-hybridized carbons (Fsp3) is 0.429. The molecule has 0 radical (unpaired) electrons. The highest BCUT2D eigenvalue weighted by Gasteiger charge is 2.27. The molecule has 0 fully saturated rings. The molecule has 9 nitrogen and oxygen atoms in total. The lowest BCUT2D eigenvalue weighted by atomic mass is 9.99. The van der Waals surface area contributed by atoms with E-state index in [0.29, 0.717) is 0 Å². The number of phenolic OH excluding ortho intramolecular Hbond substituents is 2. The highest BCUT2D eigenvalue weighted by molar-refractivity contribution is 5.72. The molecular weight excluding hydrogens is 310 g/mol. The summed E-state index contributed by atoms with van der Waals surface area (Å²) in [6.07, 6.45) is -0.208. The van der Waals surface area contributed by atoms with E-state index in [1.165, 1.54) is 20.3 Å². The summed E-state index contributed by atoms with van der Waals surface area (Å²) in [5.41, 5.74) is -0.633. The number of hydrogen-bond acceptors (Lipinski definition) is 8. The normalized spacial score (nSPS) is 10.2. The van der Waals surface area contributed by atoms with Gasteiger partial charge in [0, 0.05) is 24.0 Å². The Kier molecular flexibility index (Phi) is 6.31. The number of nitrogens with zero attached hydrogens (tertiary/aromatic N) is 1. The zero-order valence-electron chi connectivity index (χ0n) is 12.7. The minimum Gasteiger partial charge on any atom is -0.502 e. The molecule has 1 aromatic rings. The number of ether oxygens (including phenoxy) is 2. The first kappa shape index (κ1) is 18.2. The predicted molar refractivity (Wildman–Crippen MR) is 77.1 cm³/mol. The monoisotopic (exact) mass is 327 g/mol. The van der Waals surface area contributed by atoms with Crippen LogP contribution in [0.1, 0.15) is 24.0 Å². The van der Waals surface area contributed by atoms with E-state index >= 15 is 0 Å². The van der Waals surface area contributed by atoms with Crippen molar-refractivity contribution in [2.75, 3.05) is 14.2 Å². The van der Waals surface area contributed by atoms with Crippen LogP contribution in [0.25, 0.3) is 0 Å². The van der Waals surface area contributed by atoms with Crippen LogP contribution in [0.5, 0.6) is 11.5 Å². The second kappa shape index (κ2) is 7.97. The van der Waals surface area contributed by atoms with Gasteiger partial charge >= 0.3 is 17.6 Å². The van der Waals surface area contributed by atoms with E-state index in [4.69, 9.17) is 0 Å². The molecule has 0 saturated carbocycles. The van der Waals surface area contributed by atoms with Gasteiger partial charge in [-0.05, 0) is 18.9 Å². The van der Waals surface area contributed by atoms with Crippen LogP contribution in [0, 0.1) is 10.1 Å². The first-order valence-electron chi connectivity index (χ1n) is 6.66. The minimum absolute atomic E-state index is 0.00908. The molecule has 0 heterocycles. The third-order valence-corrected chi connectivity index (χ3v) is 3.24. The van der Waals surface area contributed by atoms with Crippen LogP contribution in [-0.2, 0) is 31.9 Å². The van der Waals surface area contributed by atoms with E-state index < -0.39 is 34.0 Å². The number of rotatable bonds is 7. The molecule has 0 unspecified atom stereocenters. The number of carbonyl (C=O) groups excluding carboxylic acids is 2. The predicted octanol–water partition coefficient (Wildman–Crippen LogP) is 1.22. The Balaban J connectivity index is 3.18. The summed E-state index contributed by atoms with van der Waals surface area (Å²) in [5, 5.41) is 30.9. The van der Waals surface area contributed by atoms with Crippen molar-refractivity contribution in [2.45, 2.75) is 25.7 Å². The zero-order valence-corrected chi connectivity index (χ0v) is 12.7. The van der Waals surface area contributed by atoms with Crippen molar-refractivity contribution in [2.24, 2.45) is 0 Å². The molecule has 0 spiro atoms. The maximum Gasteiger partial charge on any atom is 0.352 e. The number of carbonyl (C=O) groups is 2. The Bertz CT molecular complexity index is 581. The number of phenols is 2. The van der Waals surface area contributed by atoms with Gasteiger partial charge in [0.05, 0.1) is 19.1 Å². The van der Waals surface area contributed by atoms with E-state index in [-0.39, 0.29) is 36.8 Å². The molecule has 0 saturated heterocycles. The van der Waals surface area contributed by atoms with Crippen molar-refractivity contribution >= 4 is 17.6 Å². The summed E-state index contributed by atoms with van der Waals surface area (Å²) >= 11 is 0. The maximum absolute atomic E-state index is 11.2. The highest BCUT2D eigenvalue weighted by Crippen LogP contribution is 2.41. The van der Waals surface area contributed by atoms with Gasteiger partial charge in [0.2, 0.25) is 11.5 Å². The Morgan fingerprint density at radius 1 is 1.04 bits per heavy atom. The quantitative estimate of drug-likeness (QED) is 0.433. The van der Waals surface area contributed by atoms with Crippen LogP contribution < -0.4 is 0 Å². The van der Waals surface area contributed by atoms with Crippen molar-refractivity contribution in [1.82, 2.24) is 0 Å². The van der Waals surface area contributed by atoms with Gasteiger partial charge < -0.3 is 19.7 Å². The SMILES string of the molecule is COC(=O)CCc1cc(CCC(=O)OC)c(O)c([N+](=O)[O-])c1O. The van der Waals surface area contributed by atoms with Crippen LogP contribution in [-0.4, -0.2) is 41.3 Å². The van der Waals surface area contributed by atoms with Crippen LogP contribution in [0.3, 0.4) is 0 Å². The molecule has 9 heteroatoms. The van der Waals surface area contributed by atoms with Gasteiger partial charge in [-0.25, -0.2) is 0 Å². The summed E-state index contributed by atoms with van der Waals surface area (Å²) in [6.45, 7) is 0. The van der Waals surface area contributed by atoms with Crippen molar-refractivity contribution < 1.29 is 34.2 Å². The molecule has 0 aliphatic rings. The lowest BCUT2D eigenvalue weighted by Gasteiger charge is -2.10. The fourth-order valence-electron chi connectivity index (χ4n) is 2.00. The van der Waals surface area contributed by atoms with E-state index in [9.17, 15) is 29.9 Å². The van der Waals surface area contributed by atoms with E-state index in [1.54, 1.807) is 0 Å². The molecule has 0 aliphatic carbocycles. The summed E-state index contributed by atoms with van der Waals surface area (Å²) in [6, 6.07) is 1.32. The molecule has 126 valence electrons.